The number of hydrogen-bond acceptors (Lipinski definition) is 6. The van der Waals surface area contributed by atoms with Crippen molar-refractivity contribution in [1.82, 2.24) is 15.5 Å². The molecule has 1 unspecified atom stereocenters. The van der Waals surface area contributed by atoms with Gasteiger partial charge in [0.05, 0.1) is 5.75 Å². The molecule has 5 nitrogen and oxygen atoms in total. The molecule has 0 radical (unpaired) electrons. The van der Waals surface area contributed by atoms with Crippen LogP contribution >= 0.6 is 23.1 Å². The SMILES string of the molecule is CCCCCC(C)NC(=O)CSc1nnc(NCc2ccc(F)cc2)s1. The molecule has 1 amide bonds. The first-order chi connectivity index (χ1) is 12.6. The van der Waals surface area contributed by atoms with E-state index in [2.05, 4.69) is 27.8 Å². The molecule has 1 heterocycles. The molecule has 1 atom stereocenters. The van der Waals surface area contributed by atoms with Gasteiger partial charge in [0, 0.05) is 12.6 Å². The summed E-state index contributed by atoms with van der Waals surface area (Å²) in [6, 6.07) is 6.52. The largest absolute Gasteiger partial charge is 0.356 e. The number of amides is 1. The molecule has 0 saturated carbocycles. The van der Waals surface area contributed by atoms with Crippen LogP contribution in [0.25, 0.3) is 0 Å². The molecule has 0 aliphatic heterocycles. The van der Waals surface area contributed by atoms with Crippen molar-refractivity contribution >= 4 is 34.1 Å². The molecular formula is C18H25FN4OS2. The van der Waals surface area contributed by atoms with Gasteiger partial charge < -0.3 is 10.6 Å². The Morgan fingerprint density at radius 2 is 2.04 bits per heavy atom. The van der Waals surface area contributed by atoms with Crippen LogP contribution in [0, 0.1) is 5.82 Å². The van der Waals surface area contributed by atoms with Crippen molar-refractivity contribution < 1.29 is 9.18 Å². The van der Waals surface area contributed by atoms with Gasteiger partial charge in [-0.15, -0.1) is 10.2 Å². The summed E-state index contributed by atoms with van der Waals surface area (Å²) in [6.45, 7) is 4.76. The van der Waals surface area contributed by atoms with E-state index < -0.39 is 0 Å². The number of aromatic nitrogens is 2. The van der Waals surface area contributed by atoms with Gasteiger partial charge >= 0.3 is 0 Å². The van der Waals surface area contributed by atoms with Crippen molar-refractivity contribution in [2.45, 2.75) is 56.5 Å². The van der Waals surface area contributed by atoms with Crippen LogP contribution in [0.4, 0.5) is 9.52 Å². The van der Waals surface area contributed by atoms with E-state index in [-0.39, 0.29) is 17.8 Å². The van der Waals surface area contributed by atoms with E-state index in [1.165, 1.54) is 48.1 Å². The molecule has 0 bridgehead atoms. The van der Waals surface area contributed by atoms with Gasteiger partial charge in [0.25, 0.3) is 0 Å². The van der Waals surface area contributed by atoms with Crippen molar-refractivity contribution in [1.29, 1.82) is 0 Å². The molecule has 8 heteroatoms. The molecule has 0 saturated heterocycles. The lowest BCUT2D eigenvalue weighted by Gasteiger charge is -2.12. The van der Waals surface area contributed by atoms with E-state index in [0.29, 0.717) is 17.4 Å². The Kier molecular flexibility index (Phi) is 8.84. The molecule has 26 heavy (non-hydrogen) atoms. The van der Waals surface area contributed by atoms with Gasteiger partial charge in [0.2, 0.25) is 11.0 Å². The number of carbonyl (C=O) groups is 1. The standard InChI is InChI=1S/C18H25FN4OS2/c1-3-4-5-6-13(2)21-16(24)12-25-18-23-22-17(26-18)20-11-14-7-9-15(19)10-8-14/h7-10,13H,3-6,11-12H2,1-2H3,(H,20,22)(H,21,24). The molecule has 2 rings (SSSR count). The van der Waals surface area contributed by atoms with Crippen LogP contribution in [0.15, 0.2) is 28.6 Å². The monoisotopic (exact) mass is 396 g/mol. The van der Waals surface area contributed by atoms with Gasteiger partial charge in [-0.2, -0.15) is 0 Å². The number of unbranched alkanes of at least 4 members (excludes halogenated alkanes) is 2. The van der Waals surface area contributed by atoms with E-state index in [9.17, 15) is 9.18 Å². The Morgan fingerprint density at radius 1 is 1.27 bits per heavy atom. The molecule has 2 N–H and O–H groups in total. The highest BCUT2D eigenvalue weighted by molar-refractivity contribution is 8.01. The lowest BCUT2D eigenvalue weighted by molar-refractivity contribution is -0.119. The Hall–Kier alpha value is -1.67. The summed E-state index contributed by atoms with van der Waals surface area (Å²) < 4.78 is 13.6. The zero-order chi connectivity index (χ0) is 18.8. The minimum atomic E-state index is -0.249. The van der Waals surface area contributed by atoms with Crippen LogP contribution in [0.2, 0.25) is 0 Å². The maximum atomic E-state index is 12.9. The third kappa shape index (κ3) is 7.70. The molecule has 0 spiro atoms. The number of carbonyl (C=O) groups excluding carboxylic acids is 1. The topological polar surface area (TPSA) is 66.9 Å². The number of anilines is 1. The second kappa shape index (κ2) is 11.1. The Morgan fingerprint density at radius 3 is 2.77 bits per heavy atom. The minimum Gasteiger partial charge on any atom is -0.356 e. The molecular weight excluding hydrogens is 371 g/mol. The molecule has 0 fully saturated rings. The number of benzene rings is 1. The van der Waals surface area contributed by atoms with E-state index in [0.717, 1.165) is 22.7 Å². The van der Waals surface area contributed by atoms with Gasteiger partial charge in [0.1, 0.15) is 5.82 Å². The fraction of sp³-hybridized carbons (Fsp3) is 0.500. The van der Waals surface area contributed by atoms with Crippen LogP contribution in [-0.2, 0) is 11.3 Å². The second-order valence-electron chi connectivity index (χ2n) is 6.11. The number of nitrogens with zero attached hydrogens (tertiary/aromatic N) is 2. The van der Waals surface area contributed by atoms with Crippen LogP contribution < -0.4 is 10.6 Å². The third-order valence-corrected chi connectivity index (χ3v) is 5.75. The number of rotatable bonds is 11. The number of hydrogen-bond donors (Lipinski definition) is 2. The quantitative estimate of drug-likeness (QED) is 0.433. The van der Waals surface area contributed by atoms with Crippen molar-refractivity contribution in [2.24, 2.45) is 0 Å². The Balaban J connectivity index is 1.69. The fourth-order valence-electron chi connectivity index (χ4n) is 2.34. The number of nitrogens with one attached hydrogen (secondary N) is 2. The van der Waals surface area contributed by atoms with Crippen molar-refractivity contribution in [3.05, 3.63) is 35.6 Å². The van der Waals surface area contributed by atoms with Crippen LogP contribution in [0.5, 0.6) is 0 Å². The first-order valence-corrected chi connectivity index (χ1v) is 10.6. The molecule has 142 valence electrons. The zero-order valence-corrected chi connectivity index (χ0v) is 16.8. The van der Waals surface area contributed by atoms with E-state index in [1.54, 1.807) is 12.1 Å². The number of thioether (sulfide) groups is 1. The molecule has 1 aromatic heterocycles. The van der Waals surface area contributed by atoms with Crippen LogP contribution in [0.3, 0.4) is 0 Å². The predicted octanol–water partition coefficient (Wildman–Crippen LogP) is 4.47. The Labute approximate surface area is 162 Å². The van der Waals surface area contributed by atoms with E-state index in [4.69, 9.17) is 0 Å². The van der Waals surface area contributed by atoms with Gasteiger partial charge in [-0.1, -0.05) is 61.4 Å². The average Bonchev–Trinajstić information content (AvgIpc) is 3.08. The summed E-state index contributed by atoms with van der Waals surface area (Å²) >= 11 is 2.80. The van der Waals surface area contributed by atoms with Crippen molar-refractivity contribution in [3.63, 3.8) is 0 Å². The smallest absolute Gasteiger partial charge is 0.230 e. The third-order valence-electron chi connectivity index (χ3n) is 3.74. The van der Waals surface area contributed by atoms with Gasteiger partial charge in [-0.25, -0.2) is 4.39 Å². The normalized spacial score (nSPS) is 12.0. The molecule has 0 aliphatic carbocycles. The lowest BCUT2D eigenvalue weighted by Crippen LogP contribution is -2.33. The van der Waals surface area contributed by atoms with Gasteiger partial charge in [0.15, 0.2) is 4.34 Å². The molecule has 1 aromatic carbocycles. The lowest BCUT2D eigenvalue weighted by atomic mass is 10.1. The van der Waals surface area contributed by atoms with E-state index in [1.807, 2.05) is 6.92 Å². The van der Waals surface area contributed by atoms with E-state index >= 15 is 0 Å². The van der Waals surface area contributed by atoms with Crippen LogP contribution in [0.1, 0.15) is 45.1 Å². The number of halogens is 1. The van der Waals surface area contributed by atoms with Gasteiger partial charge in [-0.05, 0) is 31.0 Å². The summed E-state index contributed by atoms with van der Waals surface area (Å²) in [4.78, 5) is 12.0. The highest BCUT2D eigenvalue weighted by Crippen LogP contribution is 2.25. The summed E-state index contributed by atoms with van der Waals surface area (Å²) in [5, 5.41) is 15.0. The summed E-state index contributed by atoms with van der Waals surface area (Å²) in [7, 11) is 0. The highest BCUT2D eigenvalue weighted by Gasteiger charge is 2.10. The van der Waals surface area contributed by atoms with Crippen LogP contribution in [-0.4, -0.2) is 27.9 Å². The predicted molar refractivity (Wildman–Crippen MR) is 106 cm³/mol. The Bertz CT molecular complexity index is 678. The van der Waals surface area contributed by atoms with Gasteiger partial charge in [-0.3, -0.25) is 4.79 Å². The second-order valence-corrected chi connectivity index (χ2v) is 8.31. The van der Waals surface area contributed by atoms with Crippen molar-refractivity contribution in [2.75, 3.05) is 11.1 Å². The first-order valence-electron chi connectivity index (χ1n) is 8.80. The summed E-state index contributed by atoms with van der Waals surface area (Å²) in [5.74, 6) is 0.112. The maximum absolute atomic E-state index is 12.9. The zero-order valence-electron chi connectivity index (χ0n) is 15.1. The average molecular weight is 397 g/mol. The maximum Gasteiger partial charge on any atom is 0.230 e. The highest BCUT2D eigenvalue weighted by atomic mass is 32.2. The molecule has 0 aliphatic rings. The molecule has 2 aromatic rings. The summed E-state index contributed by atoms with van der Waals surface area (Å²) in [5.41, 5.74) is 0.965. The summed E-state index contributed by atoms with van der Waals surface area (Å²) in [6.07, 6.45) is 4.55. The fourth-order valence-corrected chi connectivity index (χ4v) is 3.89. The first kappa shape index (κ1) is 20.6. The van der Waals surface area contributed by atoms with Crippen molar-refractivity contribution in [3.8, 4) is 0 Å². The minimum absolute atomic E-state index is 0.0232.